The Labute approximate surface area is 125 Å². The summed E-state index contributed by atoms with van der Waals surface area (Å²) in [5, 5.41) is 3.86. The average Bonchev–Trinajstić information content (AvgIpc) is 2.66. The number of hydrogen-bond acceptors (Lipinski definition) is 1. The number of rotatable bonds is 5. The molecule has 1 aromatic rings. The van der Waals surface area contributed by atoms with Crippen LogP contribution < -0.4 is 5.32 Å². The second-order valence-corrected chi connectivity index (χ2v) is 6.66. The van der Waals surface area contributed by atoms with Crippen LogP contribution in [0.3, 0.4) is 0 Å². The molecule has 2 unspecified atom stereocenters. The molecule has 0 spiro atoms. The smallest absolute Gasteiger partial charge is 0.0294 e. The van der Waals surface area contributed by atoms with E-state index in [0.29, 0.717) is 12.1 Å². The van der Waals surface area contributed by atoms with Gasteiger partial charge in [0.15, 0.2) is 0 Å². The van der Waals surface area contributed by atoms with Gasteiger partial charge >= 0.3 is 0 Å². The van der Waals surface area contributed by atoms with Crippen molar-refractivity contribution in [2.75, 3.05) is 0 Å². The highest BCUT2D eigenvalue weighted by atomic mass is 14.9. The van der Waals surface area contributed by atoms with Crippen molar-refractivity contribution >= 4 is 0 Å². The van der Waals surface area contributed by atoms with Crippen LogP contribution in [-0.2, 0) is 0 Å². The zero-order valence-corrected chi connectivity index (χ0v) is 13.5. The SMILES string of the molecule is CCCC1CCCC(N[C@H](C)c2ccc(C)cc2)CC1. The van der Waals surface area contributed by atoms with Gasteiger partial charge in [0.2, 0.25) is 0 Å². The molecule has 112 valence electrons. The highest BCUT2D eigenvalue weighted by Gasteiger charge is 2.19. The average molecular weight is 273 g/mol. The van der Waals surface area contributed by atoms with E-state index in [9.17, 15) is 0 Å². The van der Waals surface area contributed by atoms with E-state index in [1.807, 2.05) is 0 Å². The predicted octanol–water partition coefficient (Wildman–Crippen LogP) is 5.39. The summed E-state index contributed by atoms with van der Waals surface area (Å²) in [7, 11) is 0. The van der Waals surface area contributed by atoms with Crippen molar-refractivity contribution in [2.45, 2.75) is 77.8 Å². The van der Waals surface area contributed by atoms with Crippen molar-refractivity contribution in [3.05, 3.63) is 35.4 Å². The zero-order valence-electron chi connectivity index (χ0n) is 13.5. The third-order valence-corrected chi connectivity index (χ3v) is 4.85. The molecule has 0 amide bonds. The molecule has 1 N–H and O–H groups in total. The largest absolute Gasteiger partial charge is 0.307 e. The Hall–Kier alpha value is -0.820. The summed E-state index contributed by atoms with van der Waals surface area (Å²) in [6.07, 6.45) is 9.78. The molecule has 0 heterocycles. The van der Waals surface area contributed by atoms with Gasteiger partial charge in [-0.25, -0.2) is 0 Å². The molecule has 1 saturated carbocycles. The minimum Gasteiger partial charge on any atom is -0.307 e. The molecule has 1 nitrogen and oxygen atoms in total. The molecule has 1 aliphatic carbocycles. The van der Waals surface area contributed by atoms with Crippen molar-refractivity contribution < 1.29 is 0 Å². The van der Waals surface area contributed by atoms with Crippen molar-refractivity contribution in [3.63, 3.8) is 0 Å². The first-order valence-corrected chi connectivity index (χ1v) is 8.51. The fourth-order valence-corrected chi connectivity index (χ4v) is 3.55. The maximum absolute atomic E-state index is 3.86. The van der Waals surface area contributed by atoms with Crippen LogP contribution in [0.5, 0.6) is 0 Å². The minimum absolute atomic E-state index is 0.475. The lowest BCUT2D eigenvalue weighted by Crippen LogP contribution is -2.31. The quantitative estimate of drug-likeness (QED) is 0.709. The maximum atomic E-state index is 3.86. The fraction of sp³-hybridized carbons (Fsp3) is 0.684. The Morgan fingerprint density at radius 1 is 1.10 bits per heavy atom. The number of nitrogens with one attached hydrogen (secondary N) is 1. The van der Waals surface area contributed by atoms with E-state index in [1.165, 1.54) is 56.1 Å². The van der Waals surface area contributed by atoms with E-state index < -0.39 is 0 Å². The minimum atomic E-state index is 0.475. The van der Waals surface area contributed by atoms with Crippen LogP contribution in [0.15, 0.2) is 24.3 Å². The monoisotopic (exact) mass is 273 g/mol. The van der Waals surface area contributed by atoms with Gasteiger partial charge in [-0.15, -0.1) is 0 Å². The first-order chi connectivity index (χ1) is 9.69. The van der Waals surface area contributed by atoms with E-state index in [2.05, 4.69) is 50.4 Å². The van der Waals surface area contributed by atoms with E-state index in [-0.39, 0.29) is 0 Å². The van der Waals surface area contributed by atoms with Gasteiger partial charge in [-0.1, -0.05) is 62.4 Å². The molecular formula is C19H31N. The third kappa shape index (κ3) is 4.63. The van der Waals surface area contributed by atoms with Gasteiger partial charge in [-0.3, -0.25) is 0 Å². The summed E-state index contributed by atoms with van der Waals surface area (Å²) in [4.78, 5) is 0. The first kappa shape index (κ1) is 15.6. The Morgan fingerprint density at radius 2 is 1.85 bits per heavy atom. The van der Waals surface area contributed by atoms with Gasteiger partial charge < -0.3 is 5.32 Å². The molecule has 0 saturated heterocycles. The lowest BCUT2D eigenvalue weighted by Gasteiger charge is -2.22. The van der Waals surface area contributed by atoms with Crippen LogP contribution in [-0.4, -0.2) is 6.04 Å². The molecule has 0 aromatic heterocycles. The van der Waals surface area contributed by atoms with Gasteiger partial charge in [0.25, 0.3) is 0 Å². The first-order valence-electron chi connectivity index (χ1n) is 8.51. The van der Waals surface area contributed by atoms with Crippen molar-refractivity contribution in [1.29, 1.82) is 0 Å². The number of aryl methyl sites for hydroxylation is 1. The molecule has 1 aromatic carbocycles. The third-order valence-electron chi connectivity index (χ3n) is 4.85. The lowest BCUT2D eigenvalue weighted by molar-refractivity contribution is 0.393. The van der Waals surface area contributed by atoms with E-state index in [1.54, 1.807) is 0 Å². The topological polar surface area (TPSA) is 12.0 Å². The van der Waals surface area contributed by atoms with E-state index in [4.69, 9.17) is 0 Å². The lowest BCUT2D eigenvalue weighted by atomic mass is 9.95. The molecule has 1 aliphatic rings. The summed E-state index contributed by atoms with van der Waals surface area (Å²) in [6, 6.07) is 10.2. The molecular weight excluding hydrogens is 242 g/mol. The summed E-state index contributed by atoms with van der Waals surface area (Å²) >= 11 is 0. The predicted molar refractivity (Wildman–Crippen MR) is 88.0 cm³/mol. The molecule has 3 atom stereocenters. The Morgan fingerprint density at radius 3 is 2.55 bits per heavy atom. The highest BCUT2D eigenvalue weighted by Crippen LogP contribution is 2.28. The van der Waals surface area contributed by atoms with Crippen LogP contribution in [0.1, 0.15) is 76.0 Å². The van der Waals surface area contributed by atoms with Crippen molar-refractivity contribution in [1.82, 2.24) is 5.32 Å². The molecule has 0 aliphatic heterocycles. The Bertz CT molecular complexity index is 381. The molecule has 1 heteroatoms. The van der Waals surface area contributed by atoms with Gasteiger partial charge in [0.05, 0.1) is 0 Å². The van der Waals surface area contributed by atoms with Crippen LogP contribution in [0.4, 0.5) is 0 Å². The Balaban J connectivity index is 1.85. The zero-order chi connectivity index (χ0) is 14.4. The fourth-order valence-electron chi connectivity index (χ4n) is 3.55. The van der Waals surface area contributed by atoms with Crippen molar-refractivity contribution in [2.24, 2.45) is 5.92 Å². The second kappa shape index (κ2) is 7.83. The molecule has 1 fully saturated rings. The number of benzene rings is 1. The van der Waals surface area contributed by atoms with Crippen LogP contribution >= 0.6 is 0 Å². The summed E-state index contributed by atoms with van der Waals surface area (Å²) in [6.45, 7) is 6.78. The summed E-state index contributed by atoms with van der Waals surface area (Å²) in [5.41, 5.74) is 2.77. The van der Waals surface area contributed by atoms with Crippen molar-refractivity contribution in [3.8, 4) is 0 Å². The van der Waals surface area contributed by atoms with Gasteiger partial charge in [-0.05, 0) is 44.6 Å². The maximum Gasteiger partial charge on any atom is 0.0294 e. The number of hydrogen-bond donors (Lipinski definition) is 1. The molecule has 2 rings (SSSR count). The molecule has 0 radical (unpaired) electrons. The van der Waals surface area contributed by atoms with Crippen LogP contribution in [0.2, 0.25) is 0 Å². The second-order valence-electron chi connectivity index (χ2n) is 6.66. The normalized spacial score (nSPS) is 25.1. The van der Waals surface area contributed by atoms with Gasteiger partial charge in [0, 0.05) is 12.1 Å². The molecule has 20 heavy (non-hydrogen) atoms. The van der Waals surface area contributed by atoms with E-state index >= 15 is 0 Å². The molecule has 0 bridgehead atoms. The highest BCUT2D eigenvalue weighted by molar-refractivity contribution is 5.23. The van der Waals surface area contributed by atoms with Crippen LogP contribution in [0.25, 0.3) is 0 Å². The van der Waals surface area contributed by atoms with Gasteiger partial charge in [0.1, 0.15) is 0 Å². The van der Waals surface area contributed by atoms with Crippen LogP contribution in [0, 0.1) is 12.8 Å². The summed E-state index contributed by atoms with van der Waals surface area (Å²) in [5.74, 6) is 0.987. The Kier molecular flexibility index (Phi) is 6.09. The van der Waals surface area contributed by atoms with Gasteiger partial charge in [-0.2, -0.15) is 0 Å². The standard InChI is InChI=1S/C19H31N/c1-4-6-17-7-5-8-19(14-11-17)20-16(3)18-12-9-15(2)10-13-18/h9-10,12-13,16-17,19-20H,4-8,11,14H2,1-3H3/t16-,17?,19?/m1/s1. The summed E-state index contributed by atoms with van der Waals surface area (Å²) < 4.78 is 0. The van der Waals surface area contributed by atoms with E-state index in [0.717, 1.165) is 5.92 Å².